The van der Waals surface area contributed by atoms with Gasteiger partial charge in [0.25, 0.3) is 0 Å². The number of hydrogen-bond donors (Lipinski definition) is 2. The Kier molecular flexibility index (Phi) is 4.13. The first-order valence-electron chi connectivity index (χ1n) is 6.34. The van der Waals surface area contributed by atoms with Crippen molar-refractivity contribution in [2.45, 2.75) is 19.3 Å². The average Bonchev–Trinajstić information content (AvgIpc) is 3.08. The van der Waals surface area contributed by atoms with Gasteiger partial charge in [-0.15, -0.1) is 0 Å². The van der Waals surface area contributed by atoms with E-state index in [1.165, 1.54) is 18.9 Å². The first kappa shape index (κ1) is 12.5. The molecule has 1 aliphatic carbocycles. The molecule has 1 aromatic carbocycles. The van der Waals surface area contributed by atoms with Gasteiger partial charge >= 0.3 is 0 Å². The zero-order chi connectivity index (χ0) is 12.1. The normalized spacial score (nSPS) is 17.1. The smallest absolute Gasteiger partial charge is 0.126 e. The van der Waals surface area contributed by atoms with Crippen LogP contribution >= 0.6 is 0 Å². The molecule has 1 aromatic rings. The molecule has 0 aromatic heterocycles. The van der Waals surface area contributed by atoms with E-state index in [9.17, 15) is 4.39 Å². The summed E-state index contributed by atoms with van der Waals surface area (Å²) in [5.74, 6) is -0.0920. The number of benzene rings is 1. The lowest BCUT2D eigenvalue weighted by molar-refractivity contribution is 0.440. The van der Waals surface area contributed by atoms with Gasteiger partial charge in [0.1, 0.15) is 5.82 Å². The van der Waals surface area contributed by atoms with Crippen LogP contribution in [0.3, 0.4) is 0 Å². The molecular weight excluding hydrogens is 215 g/mol. The van der Waals surface area contributed by atoms with Crippen LogP contribution < -0.4 is 10.6 Å². The lowest BCUT2D eigenvalue weighted by Crippen LogP contribution is -2.32. The van der Waals surface area contributed by atoms with E-state index >= 15 is 0 Å². The van der Waals surface area contributed by atoms with Gasteiger partial charge < -0.3 is 10.6 Å². The van der Waals surface area contributed by atoms with Crippen LogP contribution in [0.1, 0.15) is 18.4 Å². The van der Waals surface area contributed by atoms with Gasteiger partial charge in [0, 0.05) is 13.1 Å². The molecule has 94 valence electrons. The highest BCUT2D eigenvalue weighted by Gasteiger charge is 2.41. The Hall–Kier alpha value is -0.930. The molecular formula is C14H21FN2. The number of hydrogen-bond acceptors (Lipinski definition) is 2. The molecule has 0 saturated heterocycles. The first-order valence-corrected chi connectivity index (χ1v) is 6.34. The van der Waals surface area contributed by atoms with Crippen LogP contribution in [0.5, 0.6) is 0 Å². The van der Waals surface area contributed by atoms with Gasteiger partial charge in [-0.3, -0.25) is 0 Å². The molecule has 0 radical (unpaired) electrons. The van der Waals surface area contributed by atoms with Crippen LogP contribution in [0.2, 0.25) is 0 Å². The molecule has 0 bridgehead atoms. The van der Waals surface area contributed by atoms with Gasteiger partial charge in [-0.1, -0.05) is 18.2 Å². The van der Waals surface area contributed by atoms with Crippen molar-refractivity contribution in [1.29, 1.82) is 0 Å². The highest BCUT2D eigenvalue weighted by atomic mass is 19.1. The number of halogens is 1. The summed E-state index contributed by atoms with van der Waals surface area (Å²) in [5, 5.41) is 6.68. The van der Waals surface area contributed by atoms with Gasteiger partial charge in [-0.25, -0.2) is 4.39 Å². The fraction of sp³-hybridized carbons (Fsp3) is 0.571. The van der Waals surface area contributed by atoms with Gasteiger partial charge in [-0.2, -0.15) is 0 Å². The molecule has 0 amide bonds. The van der Waals surface area contributed by atoms with E-state index in [1.54, 1.807) is 6.07 Å². The van der Waals surface area contributed by atoms with Gasteiger partial charge in [0.2, 0.25) is 0 Å². The van der Waals surface area contributed by atoms with Crippen LogP contribution in [0.4, 0.5) is 4.39 Å². The van der Waals surface area contributed by atoms with E-state index < -0.39 is 0 Å². The Bertz CT molecular complexity index is 361. The summed E-state index contributed by atoms with van der Waals surface area (Å²) < 4.78 is 13.3. The van der Waals surface area contributed by atoms with Crippen molar-refractivity contribution in [1.82, 2.24) is 10.6 Å². The zero-order valence-electron chi connectivity index (χ0n) is 10.4. The molecule has 0 unspecified atom stereocenters. The van der Waals surface area contributed by atoms with Crippen molar-refractivity contribution in [3.8, 4) is 0 Å². The molecule has 2 N–H and O–H groups in total. The summed E-state index contributed by atoms with van der Waals surface area (Å²) in [5.41, 5.74) is 1.28. The Balaban J connectivity index is 1.68. The maximum Gasteiger partial charge on any atom is 0.126 e. The number of rotatable bonds is 7. The van der Waals surface area contributed by atoms with Crippen LogP contribution in [-0.2, 0) is 6.42 Å². The third-order valence-electron chi connectivity index (χ3n) is 3.54. The van der Waals surface area contributed by atoms with E-state index in [0.717, 1.165) is 31.6 Å². The van der Waals surface area contributed by atoms with E-state index in [4.69, 9.17) is 0 Å². The molecule has 2 nitrogen and oxygen atoms in total. The summed E-state index contributed by atoms with van der Waals surface area (Å²) in [4.78, 5) is 0. The summed E-state index contributed by atoms with van der Waals surface area (Å²) >= 11 is 0. The molecule has 0 heterocycles. The minimum atomic E-state index is -0.0920. The Morgan fingerprint density at radius 1 is 1.24 bits per heavy atom. The second-order valence-electron chi connectivity index (χ2n) is 5.05. The average molecular weight is 236 g/mol. The molecule has 0 atom stereocenters. The summed E-state index contributed by atoms with van der Waals surface area (Å²) in [6, 6.07) is 7.01. The molecule has 0 aliphatic heterocycles. The van der Waals surface area contributed by atoms with Crippen LogP contribution in [0.25, 0.3) is 0 Å². The highest BCUT2D eigenvalue weighted by Crippen LogP contribution is 2.44. The minimum absolute atomic E-state index is 0.0920. The zero-order valence-corrected chi connectivity index (χ0v) is 10.4. The van der Waals surface area contributed by atoms with Crippen molar-refractivity contribution in [3.05, 3.63) is 35.6 Å². The molecule has 2 rings (SSSR count). The molecule has 1 saturated carbocycles. The Morgan fingerprint density at radius 3 is 2.65 bits per heavy atom. The lowest BCUT2D eigenvalue weighted by Gasteiger charge is -2.15. The van der Waals surface area contributed by atoms with Crippen LogP contribution in [-0.4, -0.2) is 26.7 Å². The molecule has 3 heteroatoms. The highest BCUT2D eigenvalue weighted by molar-refractivity contribution is 5.17. The predicted molar refractivity (Wildman–Crippen MR) is 68.6 cm³/mol. The Morgan fingerprint density at radius 2 is 2.00 bits per heavy atom. The van der Waals surface area contributed by atoms with E-state index in [0.29, 0.717) is 5.41 Å². The largest absolute Gasteiger partial charge is 0.319 e. The van der Waals surface area contributed by atoms with Gasteiger partial charge in [0.15, 0.2) is 0 Å². The summed E-state index contributed by atoms with van der Waals surface area (Å²) in [6.45, 7) is 2.98. The van der Waals surface area contributed by atoms with E-state index in [-0.39, 0.29) is 5.82 Å². The second-order valence-corrected chi connectivity index (χ2v) is 5.05. The van der Waals surface area contributed by atoms with Crippen molar-refractivity contribution < 1.29 is 4.39 Å². The van der Waals surface area contributed by atoms with Crippen molar-refractivity contribution in [3.63, 3.8) is 0 Å². The fourth-order valence-corrected chi connectivity index (χ4v) is 2.25. The maximum atomic E-state index is 13.3. The number of nitrogens with one attached hydrogen (secondary N) is 2. The lowest BCUT2D eigenvalue weighted by atomic mass is 10.1. The van der Waals surface area contributed by atoms with Crippen molar-refractivity contribution in [2.75, 3.05) is 26.7 Å². The molecule has 17 heavy (non-hydrogen) atoms. The third kappa shape index (κ3) is 3.51. The van der Waals surface area contributed by atoms with E-state index in [2.05, 4.69) is 10.6 Å². The SMILES string of the molecule is CNCC1(CNCCc2ccccc2F)CC1. The van der Waals surface area contributed by atoms with Gasteiger partial charge in [-0.05, 0) is 49.9 Å². The van der Waals surface area contributed by atoms with Crippen molar-refractivity contribution in [2.24, 2.45) is 5.41 Å². The topological polar surface area (TPSA) is 24.1 Å². The molecule has 0 spiro atoms. The van der Waals surface area contributed by atoms with Crippen LogP contribution in [0, 0.1) is 11.2 Å². The van der Waals surface area contributed by atoms with Crippen LogP contribution in [0.15, 0.2) is 24.3 Å². The second kappa shape index (κ2) is 5.61. The quantitative estimate of drug-likeness (QED) is 0.707. The molecule has 1 aliphatic rings. The summed E-state index contributed by atoms with van der Waals surface area (Å²) in [7, 11) is 2.00. The third-order valence-corrected chi connectivity index (χ3v) is 3.54. The standard InChI is InChI=1S/C14H21FN2/c1-16-10-14(7-8-14)11-17-9-6-12-4-2-3-5-13(12)15/h2-5,16-17H,6-11H2,1H3. The predicted octanol–water partition coefficient (Wildman–Crippen LogP) is 1.96. The Labute approximate surface area is 103 Å². The summed E-state index contributed by atoms with van der Waals surface area (Å²) in [6.07, 6.45) is 3.38. The first-order chi connectivity index (χ1) is 8.26. The van der Waals surface area contributed by atoms with Gasteiger partial charge in [0.05, 0.1) is 0 Å². The monoisotopic (exact) mass is 236 g/mol. The molecule has 1 fully saturated rings. The minimum Gasteiger partial charge on any atom is -0.319 e. The van der Waals surface area contributed by atoms with Crippen molar-refractivity contribution >= 4 is 0 Å². The van der Waals surface area contributed by atoms with E-state index in [1.807, 2.05) is 19.2 Å². The fourth-order valence-electron chi connectivity index (χ4n) is 2.25. The maximum absolute atomic E-state index is 13.3.